The number of hydrogen-bond donors (Lipinski definition) is 1. The molecule has 0 aromatic heterocycles. The van der Waals surface area contributed by atoms with Gasteiger partial charge in [0.25, 0.3) is 0 Å². The lowest BCUT2D eigenvalue weighted by atomic mass is 9.88. The molecule has 102 valence electrons. The van der Waals surface area contributed by atoms with Crippen molar-refractivity contribution in [3.63, 3.8) is 0 Å². The molecule has 3 unspecified atom stereocenters. The van der Waals surface area contributed by atoms with Crippen LogP contribution in [0.4, 0.5) is 0 Å². The predicted molar refractivity (Wildman–Crippen MR) is 73.4 cm³/mol. The Bertz CT molecular complexity index is 197. The second-order valence-electron chi connectivity index (χ2n) is 5.38. The van der Waals surface area contributed by atoms with Crippen LogP contribution in [0.3, 0.4) is 0 Å². The summed E-state index contributed by atoms with van der Waals surface area (Å²) in [6.45, 7) is 6.47. The lowest BCUT2D eigenvalue weighted by Crippen LogP contribution is -2.53. The lowest BCUT2D eigenvalue weighted by molar-refractivity contribution is 0.0607. The van der Waals surface area contributed by atoms with Crippen LogP contribution in [0.2, 0.25) is 0 Å². The van der Waals surface area contributed by atoms with Crippen LogP contribution >= 0.6 is 0 Å². The summed E-state index contributed by atoms with van der Waals surface area (Å²) in [5.41, 5.74) is 0. The van der Waals surface area contributed by atoms with Gasteiger partial charge in [0.1, 0.15) is 0 Å². The molecule has 3 heteroatoms. The zero-order chi connectivity index (χ0) is 12.7. The highest BCUT2D eigenvalue weighted by atomic mass is 16.5. The van der Waals surface area contributed by atoms with E-state index in [0.717, 1.165) is 13.2 Å². The van der Waals surface area contributed by atoms with Crippen molar-refractivity contribution < 1.29 is 4.74 Å². The molecule has 1 N–H and O–H groups in total. The fourth-order valence-corrected chi connectivity index (χ4v) is 2.85. The van der Waals surface area contributed by atoms with E-state index in [4.69, 9.17) is 4.74 Å². The molecule has 3 atom stereocenters. The molecule has 3 nitrogen and oxygen atoms in total. The van der Waals surface area contributed by atoms with Gasteiger partial charge in [-0.3, -0.25) is 4.90 Å². The Kier molecular flexibility index (Phi) is 7.09. The van der Waals surface area contributed by atoms with Gasteiger partial charge in [-0.05, 0) is 39.8 Å². The van der Waals surface area contributed by atoms with E-state index in [0.29, 0.717) is 18.1 Å². The largest absolute Gasteiger partial charge is 0.383 e. The Balaban J connectivity index is 2.50. The molecule has 0 bridgehead atoms. The van der Waals surface area contributed by atoms with E-state index < -0.39 is 0 Å². The normalized spacial score (nSPS) is 27.4. The SMILES string of the molecule is CCCNC1CCCCC1N(C)C(C)COC. The molecule has 1 fully saturated rings. The van der Waals surface area contributed by atoms with E-state index >= 15 is 0 Å². The second-order valence-corrected chi connectivity index (χ2v) is 5.38. The highest BCUT2D eigenvalue weighted by Crippen LogP contribution is 2.23. The molecule has 17 heavy (non-hydrogen) atoms. The van der Waals surface area contributed by atoms with Gasteiger partial charge in [0.05, 0.1) is 6.61 Å². The summed E-state index contributed by atoms with van der Waals surface area (Å²) >= 11 is 0. The molecular weight excluding hydrogens is 212 g/mol. The fraction of sp³-hybridized carbons (Fsp3) is 1.00. The minimum Gasteiger partial charge on any atom is -0.383 e. The molecule has 0 aliphatic heterocycles. The highest BCUT2D eigenvalue weighted by molar-refractivity contribution is 4.88. The number of nitrogens with one attached hydrogen (secondary N) is 1. The quantitative estimate of drug-likeness (QED) is 0.741. The number of likely N-dealkylation sites (N-methyl/N-ethyl adjacent to an activating group) is 1. The van der Waals surface area contributed by atoms with Gasteiger partial charge < -0.3 is 10.1 Å². The summed E-state index contributed by atoms with van der Waals surface area (Å²) in [6, 6.07) is 1.86. The third kappa shape index (κ3) is 4.57. The van der Waals surface area contributed by atoms with Crippen LogP contribution in [-0.2, 0) is 4.74 Å². The molecule has 0 aromatic rings. The maximum Gasteiger partial charge on any atom is 0.0615 e. The average Bonchev–Trinajstić information content (AvgIpc) is 2.36. The van der Waals surface area contributed by atoms with Crippen molar-refractivity contribution in [1.82, 2.24) is 10.2 Å². The monoisotopic (exact) mass is 242 g/mol. The van der Waals surface area contributed by atoms with Crippen molar-refractivity contribution in [2.45, 2.75) is 64.1 Å². The average molecular weight is 242 g/mol. The van der Waals surface area contributed by atoms with Crippen LogP contribution in [-0.4, -0.2) is 50.3 Å². The number of hydrogen-bond acceptors (Lipinski definition) is 3. The van der Waals surface area contributed by atoms with E-state index in [1.807, 2.05) is 0 Å². The molecule has 0 amide bonds. The Labute approximate surface area is 107 Å². The van der Waals surface area contributed by atoms with E-state index in [9.17, 15) is 0 Å². The minimum absolute atomic E-state index is 0.508. The van der Waals surface area contributed by atoms with E-state index in [2.05, 4.69) is 31.1 Å². The van der Waals surface area contributed by atoms with E-state index in [-0.39, 0.29) is 0 Å². The Morgan fingerprint density at radius 2 is 2.06 bits per heavy atom. The van der Waals surface area contributed by atoms with Gasteiger partial charge in [-0.1, -0.05) is 19.8 Å². The van der Waals surface area contributed by atoms with Crippen LogP contribution in [0.25, 0.3) is 0 Å². The maximum atomic E-state index is 5.27. The van der Waals surface area contributed by atoms with Gasteiger partial charge in [0.15, 0.2) is 0 Å². The molecule has 1 aliphatic rings. The maximum absolute atomic E-state index is 5.27. The molecule has 0 saturated heterocycles. The molecule has 0 spiro atoms. The second kappa shape index (κ2) is 8.06. The molecular formula is C14H30N2O. The van der Waals surface area contributed by atoms with Crippen LogP contribution in [0.15, 0.2) is 0 Å². The number of nitrogens with zero attached hydrogens (tertiary/aromatic N) is 1. The summed E-state index contributed by atoms with van der Waals surface area (Å²) in [4.78, 5) is 2.51. The first-order chi connectivity index (χ1) is 8.20. The van der Waals surface area contributed by atoms with Gasteiger partial charge in [-0.25, -0.2) is 0 Å². The Hall–Kier alpha value is -0.120. The summed E-state index contributed by atoms with van der Waals surface area (Å²) in [5.74, 6) is 0. The lowest BCUT2D eigenvalue weighted by Gasteiger charge is -2.41. The van der Waals surface area contributed by atoms with Gasteiger partial charge in [-0.15, -0.1) is 0 Å². The van der Waals surface area contributed by atoms with E-state index in [1.54, 1.807) is 7.11 Å². The number of methoxy groups -OCH3 is 1. The van der Waals surface area contributed by atoms with Crippen molar-refractivity contribution in [3.05, 3.63) is 0 Å². The van der Waals surface area contributed by atoms with Gasteiger partial charge in [0.2, 0.25) is 0 Å². The van der Waals surface area contributed by atoms with Crippen molar-refractivity contribution >= 4 is 0 Å². The van der Waals surface area contributed by atoms with Gasteiger partial charge in [0, 0.05) is 25.2 Å². The third-order valence-corrected chi connectivity index (χ3v) is 4.01. The van der Waals surface area contributed by atoms with E-state index in [1.165, 1.54) is 32.1 Å². The molecule has 1 saturated carbocycles. The van der Waals surface area contributed by atoms with Gasteiger partial charge >= 0.3 is 0 Å². The molecule has 1 rings (SSSR count). The summed E-state index contributed by atoms with van der Waals surface area (Å²) in [5, 5.41) is 3.72. The van der Waals surface area contributed by atoms with Crippen LogP contribution in [0, 0.1) is 0 Å². The molecule has 0 heterocycles. The van der Waals surface area contributed by atoms with Gasteiger partial charge in [-0.2, -0.15) is 0 Å². The summed E-state index contributed by atoms with van der Waals surface area (Å²) in [7, 11) is 4.04. The molecule has 0 radical (unpaired) electrons. The molecule has 1 aliphatic carbocycles. The standard InChI is InChI=1S/C14H30N2O/c1-5-10-15-13-8-6-7-9-14(13)16(3)12(2)11-17-4/h12-15H,5-11H2,1-4H3. The smallest absolute Gasteiger partial charge is 0.0615 e. The minimum atomic E-state index is 0.508. The molecule has 0 aromatic carbocycles. The Morgan fingerprint density at radius 3 is 2.71 bits per heavy atom. The topological polar surface area (TPSA) is 24.5 Å². The fourth-order valence-electron chi connectivity index (χ4n) is 2.85. The Morgan fingerprint density at radius 1 is 1.35 bits per heavy atom. The van der Waals surface area contributed by atoms with Crippen LogP contribution in [0.5, 0.6) is 0 Å². The van der Waals surface area contributed by atoms with Crippen molar-refractivity contribution in [1.29, 1.82) is 0 Å². The first-order valence-corrected chi connectivity index (χ1v) is 7.15. The van der Waals surface area contributed by atoms with Crippen molar-refractivity contribution in [2.24, 2.45) is 0 Å². The first kappa shape index (κ1) is 14.9. The van der Waals surface area contributed by atoms with Crippen LogP contribution < -0.4 is 5.32 Å². The third-order valence-electron chi connectivity index (χ3n) is 4.01. The zero-order valence-corrected chi connectivity index (χ0v) is 12.0. The van der Waals surface area contributed by atoms with Crippen molar-refractivity contribution in [3.8, 4) is 0 Å². The zero-order valence-electron chi connectivity index (χ0n) is 12.0. The highest BCUT2D eigenvalue weighted by Gasteiger charge is 2.29. The summed E-state index contributed by atoms with van der Waals surface area (Å²) in [6.07, 6.45) is 6.63. The summed E-state index contributed by atoms with van der Waals surface area (Å²) < 4.78 is 5.27. The number of rotatable bonds is 7. The predicted octanol–water partition coefficient (Wildman–Crippen LogP) is 2.26. The van der Waals surface area contributed by atoms with Crippen LogP contribution in [0.1, 0.15) is 46.0 Å². The first-order valence-electron chi connectivity index (χ1n) is 7.15. The van der Waals surface area contributed by atoms with Crippen molar-refractivity contribution in [2.75, 3.05) is 27.3 Å². The number of ether oxygens (including phenoxy) is 1.